The lowest BCUT2D eigenvalue weighted by atomic mass is 10.1. The van der Waals surface area contributed by atoms with E-state index in [0.29, 0.717) is 32.5 Å². The van der Waals surface area contributed by atoms with Crippen molar-refractivity contribution in [2.75, 3.05) is 19.6 Å². The second-order valence-electron chi connectivity index (χ2n) is 2.88. The number of hydrazine groups is 1. The molecule has 68 valence electrons. The number of nitrogens with zero attached hydrogens (tertiary/aromatic N) is 1. The van der Waals surface area contributed by atoms with Gasteiger partial charge in [0, 0.05) is 25.9 Å². The van der Waals surface area contributed by atoms with Gasteiger partial charge in [-0.25, -0.2) is 5.84 Å². The summed E-state index contributed by atoms with van der Waals surface area (Å²) < 4.78 is 0. The fourth-order valence-electron chi connectivity index (χ4n) is 1.21. The third-order valence-corrected chi connectivity index (χ3v) is 1.94. The van der Waals surface area contributed by atoms with Crippen LogP contribution < -0.4 is 11.3 Å². The van der Waals surface area contributed by atoms with Gasteiger partial charge in [0.2, 0.25) is 5.91 Å². The largest absolute Gasteiger partial charge is 0.300 e. The third-order valence-electron chi connectivity index (χ3n) is 1.94. The molecule has 0 aromatic rings. The molecule has 1 heterocycles. The molecule has 0 saturated carbocycles. The van der Waals surface area contributed by atoms with Crippen molar-refractivity contribution in [1.29, 1.82) is 0 Å². The Morgan fingerprint density at radius 3 is 2.58 bits per heavy atom. The molecule has 1 aliphatic heterocycles. The minimum atomic E-state index is -0.204. The maximum absolute atomic E-state index is 10.8. The Morgan fingerprint density at radius 2 is 2.08 bits per heavy atom. The minimum Gasteiger partial charge on any atom is -0.300 e. The van der Waals surface area contributed by atoms with E-state index in [4.69, 9.17) is 5.84 Å². The molecule has 1 fully saturated rings. The van der Waals surface area contributed by atoms with Crippen LogP contribution in [0.4, 0.5) is 0 Å². The van der Waals surface area contributed by atoms with E-state index in [-0.39, 0.29) is 11.7 Å². The summed E-state index contributed by atoms with van der Waals surface area (Å²) in [6.45, 7) is 1.64. The van der Waals surface area contributed by atoms with E-state index in [2.05, 4.69) is 5.43 Å². The molecule has 1 saturated heterocycles. The van der Waals surface area contributed by atoms with Gasteiger partial charge in [0.05, 0.1) is 6.54 Å². The van der Waals surface area contributed by atoms with E-state index in [0.717, 1.165) is 0 Å². The molecule has 0 atom stereocenters. The van der Waals surface area contributed by atoms with Crippen LogP contribution in [0.3, 0.4) is 0 Å². The van der Waals surface area contributed by atoms with Gasteiger partial charge in [0.15, 0.2) is 0 Å². The molecule has 1 aliphatic rings. The summed E-state index contributed by atoms with van der Waals surface area (Å²) in [5, 5.41) is 0. The lowest BCUT2D eigenvalue weighted by Crippen LogP contribution is -2.43. The Hall–Kier alpha value is -0.940. The second kappa shape index (κ2) is 4.18. The molecule has 0 unspecified atom stereocenters. The number of likely N-dealkylation sites (tertiary alicyclic amines) is 1. The maximum Gasteiger partial charge on any atom is 0.248 e. The van der Waals surface area contributed by atoms with Crippen LogP contribution in [-0.2, 0) is 9.59 Å². The summed E-state index contributed by atoms with van der Waals surface area (Å²) in [4.78, 5) is 23.5. The van der Waals surface area contributed by atoms with Gasteiger partial charge < -0.3 is 0 Å². The Bertz CT molecular complexity index is 183. The van der Waals surface area contributed by atoms with Crippen molar-refractivity contribution < 1.29 is 9.59 Å². The van der Waals surface area contributed by atoms with Crippen molar-refractivity contribution in [3.63, 3.8) is 0 Å². The van der Waals surface area contributed by atoms with Crippen molar-refractivity contribution in [3.05, 3.63) is 0 Å². The van der Waals surface area contributed by atoms with Crippen molar-refractivity contribution >= 4 is 11.7 Å². The molecular formula is C7H13N3O2. The van der Waals surface area contributed by atoms with Gasteiger partial charge >= 0.3 is 0 Å². The third kappa shape index (κ3) is 2.60. The van der Waals surface area contributed by atoms with Crippen LogP contribution >= 0.6 is 0 Å². The van der Waals surface area contributed by atoms with Crippen LogP contribution in [0.15, 0.2) is 0 Å². The maximum atomic E-state index is 10.8. The number of hydrogen-bond acceptors (Lipinski definition) is 4. The molecular weight excluding hydrogens is 158 g/mol. The lowest BCUT2D eigenvalue weighted by molar-refractivity contribution is -0.126. The quantitative estimate of drug-likeness (QED) is 0.306. The standard InChI is InChI=1S/C7H13N3O2/c8-9-7(12)5-10-3-1-6(11)2-4-10/h1-5,8H2,(H,9,12). The first-order valence-corrected chi connectivity index (χ1v) is 3.96. The molecule has 3 N–H and O–H groups in total. The van der Waals surface area contributed by atoms with Gasteiger partial charge in [0.1, 0.15) is 5.78 Å². The predicted octanol–water partition coefficient (Wildman–Crippen LogP) is -1.36. The van der Waals surface area contributed by atoms with Crippen LogP contribution in [0.1, 0.15) is 12.8 Å². The van der Waals surface area contributed by atoms with Gasteiger partial charge in [-0.15, -0.1) is 0 Å². The number of carbonyl (C=O) groups excluding carboxylic acids is 2. The van der Waals surface area contributed by atoms with Gasteiger partial charge in [-0.1, -0.05) is 0 Å². The first-order valence-electron chi connectivity index (χ1n) is 3.96. The zero-order chi connectivity index (χ0) is 8.97. The van der Waals surface area contributed by atoms with Gasteiger partial charge in [0.25, 0.3) is 0 Å². The van der Waals surface area contributed by atoms with Crippen molar-refractivity contribution in [2.24, 2.45) is 5.84 Å². The summed E-state index contributed by atoms with van der Waals surface area (Å²) in [6, 6.07) is 0. The Labute approximate surface area is 70.9 Å². The highest BCUT2D eigenvalue weighted by Gasteiger charge is 2.17. The van der Waals surface area contributed by atoms with Crippen LogP contribution in [0.25, 0.3) is 0 Å². The molecule has 0 radical (unpaired) electrons. The predicted molar refractivity (Wildman–Crippen MR) is 43.0 cm³/mol. The number of nitrogens with two attached hydrogens (primary N) is 1. The fourth-order valence-corrected chi connectivity index (χ4v) is 1.21. The molecule has 0 aromatic heterocycles. The number of rotatable bonds is 2. The number of nitrogens with one attached hydrogen (secondary N) is 1. The average Bonchev–Trinajstić information content (AvgIpc) is 2.09. The molecule has 5 nitrogen and oxygen atoms in total. The van der Waals surface area contributed by atoms with E-state index in [9.17, 15) is 9.59 Å². The van der Waals surface area contributed by atoms with Crippen LogP contribution in [0.5, 0.6) is 0 Å². The van der Waals surface area contributed by atoms with E-state index in [1.807, 2.05) is 4.90 Å². The van der Waals surface area contributed by atoms with Gasteiger partial charge in [-0.3, -0.25) is 19.9 Å². The van der Waals surface area contributed by atoms with Gasteiger partial charge in [-0.2, -0.15) is 0 Å². The van der Waals surface area contributed by atoms with E-state index in [1.54, 1.807) is 0 Å². The highest BCUT2D eigenvalue weighted by Crippen LogP contribution is 2.04. The highest BCUT2D eigenvalue weighted by atomic mass is 16.2. The monoisotopic (exact) mass is 171 g/mol. The molecule has 0 spiro atoms. The Morgan fingerprint density at radius 1 is 1.50 bits per heavy atom. The number of Topliss-reactive ketones (excluding diaryl/α,β-unsaturated/α-hetero) is 1. The summed E-state index contributed by atoms with van der Waals surface area (Å²) in [5.41, 5.74) is 2.06. The molecule has 0 aromatic carbocycles. The minimum absolute atomic E-state index is 0.204. The highest BCUT2D eigenvalue weighted by molar-refractivity contribution is 5.80. The van der Waals surface area contributed by atoms with Crippen LogP contribution in [0, 0.1) is 0 Å². The first kappa shape index (κ1) is 9.15. The molecule has 0 aliphatic carbocycles. The SMILES string of the molecule is NNC(=O)CN1CCC(=O)CC1. The average molecular weight is 171 g/mol. The summed E-state index contributed by atoms with van der Waals surface area (Å²) in [6.07, 6.45) is 1.11. The molecule has 12 heavy (non-hydrogen) atoms. The number of carbonyl (C=O) groups is 2. The topological polar surface area (TPSA) is 75.4 Å². The van der Waals surface area contributed by atoms with Gasteiger partial charge in [-0.05, 0) is 0 Å². The second-order valence-corrected chi connectivity index (χ2v) is 2.88. The molecule has 1 amide bonds. The first-order chi connectivity index (χ1) is 5.72. The zero-order valence-corrected chi connectivity index (χ0v) is 6.88. The molecule has 0 bridgehead atoms. The van der Waals surface area contributed by atoms with E-state index >= 15 is 0 Å². The normalized spacial score (nSPS) is 19.2. The molecule has 1 rings (SSSR count). The van der Waals surface area contributed by atoms with Crippen molar-refractivity contribution in [2.45, 2.75) is 12.8 Å². The van der Waals surface area contributed by atoms with E-state index < -0.39 is 0 Å². The molecule has 5 heteroatoms. The van der Waals surface area contributed by atoms with Crippen molar-refractivity contribution in [1.82, 2.24) is 10.3 Å². The zero-order valence-electron chi connectivity index (χ0n) is 6.88. The fraction of sp³-hybridized carbons (Fsp3) is 0.714. The number of ketones is 1. The smallest absolute Gasteiger partial charge is 0.248 e. The summed E-state index contributed by atoms with van der Waals surface area (Å²) in [5.74, 6) is 5.00. The number of amides is 1. The number of piperidine rings is 1. The Balaban J connectivity index is 2.26. The van der Waals surface area contributed by atoms with Crippen LogP contribution in [-0.4, -0.2) is 36.2 Å². The van der Waals surface area contributed by atoms with Crippen molar-refractivity contribution in [3.8, 4) is 0 Å². The number of hydrogen-bond donors (Lipinski definition) is 2. The van der Waals surface area contributed by atoms with E-state index in [1.165, 1.54) is 0 Å². The Kier molecular flexibility index (Phi) is 3.19. The summed E-state index contributed by atoms with van der Waals surface area (Å²) in [7, 11) is 0. The van der Waals surface area contributed by atoms with Crippen LogP contribution in [0.2, 0.25) is 0 Å². The summed E-state index contributed by atoms with van der Waals surface area (Å²) >= 11 is 0. The lowest BCUT2D eigenvalue weighted by Gasteiger charge is -2.24.